The van der Waals surface area contributed by atoms with E-state index < -0.39 is 11.9 Å². The highest BCUT2D eigenvalue weighted by Gasteiger charge is 2.36. The van der Waals surface area contributed by atoms with Gasteiger partial charge in [0.2, 0.25) is 11.8 Å². The van der Waals surface area contributed by atoms with Crippen LogP contribution in [0.1, 0.15) is 43.2 Å². The third-order valence-electron chi connectivity index (χ3n) is 10.4. The number of carboxylic acid groups (broad SMARTS) is 1. The lowest BCUT2D eigenvalue weighted by atomic mass is 9.92. The predicted octanol–water partition coefficient (Wildman–Crippen LogP) is 4.27. The van der Waals surface area contributed by atoms with Gasteiger partial charge in [-0.05, 0) is 55.4 Å². The first-order chi connectivity index (χ1) is 23.2. The number of halogens is 2. The van der Waals surface area contributed by atoms with Gasteiger partial charge in [0.05, 0.1) is 22.5 Å². The summed E-state index contributed by atoms with van der Waals surface area (Å²) < 4.78 is 0. The quantitative estimate of drug-likeness (QED) is 0.402. The Bertz CT molecular complexity index is 1500. The molecular weight excluding hydrogens is 655 g/mol. The number of likely N-dealkylation sites (tertiary alicyclic amines) is 2. The second-order valence-corrected chi connectivity index (χ2v) is 14.2. The zero-order valence-corrected chi connectivity index (χ0v) is 28.7. The molecule has 48 heavy (non-hydrogen) atoms. The molecule has 0 aliphatic carbocycles. The number of nitrogens with zero attached hydrogens (tertiary/aromatic N) is 5. The third-order valence-corrected chi connectivity index (χ3v) is 11.3. The number of rotatable bonds is 9. The van der Waals surface area contributed by atoms with Crippen molar-refractivity contribution in [3.05, 3.63) is 63.6 Å². The van der Waals surface area contributed by atoms with E-state index in [1.165, 1.54) is 0 Å². The summed E-state index contributed by atoms with van der Waals surface area (Å²) in [5.74, 6) is -1.48. The zero-order chi connectivity index (χ0) is 33.8. The molecule has 2 aromatic carbocycles. The van der Waals surface area contributed by atoms with E-state index in [0.29, 0.717) is 68.1 Å². The standard InChI is InChI=1S/C35H44Cl2N6O5/c36-29-6-3-5-24(33(29)37)20-26(34(47)42-14-8-27(9-15-42)40-18-16-39(17-19-40)23-32(45)46)21-31(44)41-12-10-28(11-13-41)43-22-25-4-1-2-7-30(25)38-35(43)48/h1-7,26-28H,8-23H2,(H,38,48)(H,45,46). The van der Waals surface area contributed by atoms with Crippen LogP contribution in [-0.2, 0) is 27.3 Å². The van der Waals surface area contributed by atoms with Crippen LogP contribution in [-0.4, -0.2) is 124 Å². The maximum Gasteiger partial charge on any atom is 0.322 e. The average molecular weight is 700 g/mol. The van der Waals surface area contributed by atoms with Gasteiger partial charge in [-0.3, -0.25) is 24.2 Å². The molecule has 2 N–H and O–H groups in total. The van der Waals surface area contributed by atoms with Gasteiger partial charge in [0, 0.05) is 83.1 Å². The number of carbonyl (C=O) groups excluding carboxylic acids is 3. The van der Waals surface area contributed by atoms with Gasteiger partial charge in [-0.15, -0.1) is 0 Å². The second-order valence-electron chi connectivity index (χ2n) is 13.4. The number of para-hydroxylation sites is 1. The molecule has 0 bridgehead atoms. The molecule has 11 nitrogen and oxygen atoms in total. The number of piperazine rings is 1. The fourth-order valence-electron chi connectivity index (χ4n) is 7.69. The Labute approximate surface area is 291 Å². The lowest BCUT2D eigenvalue weighted by molar-refractivity contribution is -0.143. The molecule has 3 fully saturated rings. The van der Waals surface area contributed by atoms with Crippen molar-refractivity contribution in [2.24, 2.45) is 5.92 Å². The van der Waals surface area contributed by atoms with Crippen molar-refractivity contribution in [3.8, 4) is 0 Å². The Balaban J connectivity index is 1.06. The molecule has 1 unspecified atom stereocenters. The lowest BCUT2D eigenvalue weighted by Crippen LogP contribution is -2.55. The van der Waals surface area contributed by atoms with Gasteiger partial charge in [-0.1, -0.05) is 53.5 Å². The Hall–Kier alpha value is -3.38. The highest BCUT2D eigenvalue weighted by atomic mass is 35.5. The largest absolute Gasteiger partial charge is 0.480 e. The Morgan fingerprint density at radius 1 is 0.833 bits per heavy atom. The predicted molar refractivity (Wildman–Crippen MR) is 184 cm³/mol. The fourth-order valence-corrected chi connectivity index (χ4v) is 8.09. The first kappa shape index (κ1) is 34.5. The van der Waals surface area contributed by atoms with Gasteiger partial charge in [0.25, 0.3) is 0 Å². The molecule has 1 atom stereocenters. The van der Waals surface area contributed by atoms with Gasteiger partial charge in [-0.25, -0.2) is 4.79 Å². The van der Waals surface area contributed by atoms with Crippen LogP contribution in [0.3, 0.4) is 0 Å². The number of fused-ring (bicyclic) bond motifs is 1. The molecule has 13 heteroatoms. The van der Waals surface area contributed by atoms with Crippen LogP contribution in [0.5, 0.6) is 0 Å². The Morgan fingerprint density at radius 3 is 2.21 bits per heavy atom. The van der Waals surface area contributed by atoms with E-state index in [1.54, 1.807) is 6.07 Å². The summed E-state index contributed by atoms with van der Waals surface area (Å²) in [6, 6.07) is 13.5. The van der Waals surface area contributed by atoms with Gasteiger partial charge >= 0.3 is 12.0 Å². The number of piperidine rings is 2. The number of anilines is 1. The minimum absolute atomic E-state index is 0.0338. The number of hydrogen-bond acceptors (Lipinski definition) is 6. The number of urea groups is 1. The topological polar surface area (TPSA) is 117 Å². The molecule has 0 spiro atoms. The van der Waals surface area contributed by atoms with Crippen LogP contribution >= 0.6 is 23.2 Å². The maximum atomic E-state index is 14.1. The van der Waals surface area contributed by atoms with Gasteiger partial charge in [0.1, 0.15) is 0 Å². The van der Waals surface area contributed by atoms with E-state index in [9.17, 15) is 19.2 Å². The molecular formula is C35H44Cl2N6O5. The van der Waals surface area contributed by atoms with Gasteiger partial charge in [-0.2, -0.15) is 0 Å². The minimum atomic E-state index is -0.801. The van der Waals surface area contributed by atoms with Gasteiger partial charge in [0.15, 0.2) is 0 Å². The number of aliphatic carboxylic acids is 1. The lowest BCUT2D eigenvalue weighted by Gasteiger charge is -2.43. The van der Waals surface area contributed by atoms with Crippen molar-refractivity contribution in [3.63, 3.8) is 0 Å². The number of hydrogen-bond donors (Lipinski definition) is 2. The normalized spacial score (nSPS) is 20.7. The zero-order valence-electron chi connectivity index (χ0n) is 27.2. The van der Waals surface area contributed by atoms with E-state index in [2.05, 4.69) is 10.2 Å². The van der Waals surface area contributed by atoms with Crippen LogP contribution in [0.4, 0.5) is 10.5 Å². The van der Waals surface area contributed by atoms with E-state index in [1.807, 2.05) is 56.0 Å². The molecule has 4 amide bonds. The van der Waals surface area contributed by atoms with E-state index >= 15 is 0 Å². The molecule has 258 valence electrons. The smallest absolute Gasteiger partial charge is 0.322 e. The first-order valence-corrected chi connectivity index (χ1v) is 17.7. The number of nitrogens with one attached hydrogen (secondary N) is 1. The van der Waals surface area contributed by atoms with Gasteiger partial charge < -0.3 is 25.1 Å². The average Bonchev–Trinajstić information content (AvgIpc) is 3.09. The van der Waals surface area contributed by atoms with Crippen LogP contribution in [0.25, 0.3) is 0 Å². The summed E-state index contributed by atoms with van der Waals surface area (Å²) in [6.07, 6.45) is 3.43. The molecule has 0 saturated carbocycles. The summed E-state index contributed by atoms with van der Waals surface area (Å²) in [6.45, 7) is 6.00. The van der Waals surface area contributed by atoms with Crippen LogP contribution in [0.2, 0.25) is 10.0 Å². The van der Waals surface area contributed by atoms with Crippen molar-refractivity contribution in [1.29, 1.82) is 0 Å². The second kappa shape index (κ2) is 15.4. The van der Waals surface area contributed by atoms with Crippen molar-refractivity contribution in [2.75, 3.05) is 64.2 Å². The number of carbonyl (C=O) groups is 4. The maximum absolute atomic E-state index is 14.1. The van der Waals surface area contributed by atoms with Crippen molar-refractivity contribution in [2.45, 2.75) is 57.2 Å². The third kappa shape index (κ3) is 8.07. The molecule has 4 aliphatic heterocycles. The molecule has 0 aromatic heterocycles. The van der Waals surface area contributed by atoms with Crippen LogP contribution < -0.4 is 5.32 Å². The first-order valence-electron chi connectivity index (χ1n) is 17.0. The van der Waals surface area contributed by atoms with Crippen molar-refractivity contribution >= 4 is 52.7 Å². The Morgan fingerprint density at radius 2 is 1.50 bits per heavy atom. The molecule has 4 aliphatic rings. The molecule has 2 aromatic rings. The summed E-state index contributed by atoms with van der Waals surface area (Å²) in [7, 11) is 0. The summed E-state index contributed by atoms with van der Waals surface area (Å²) >= 11 is 12.9. The summed E-state index contributed by atoms with van der Waals surface area (Å²) in [5, 5.41) is 12.9. The fraction of sp³-hybridized carbons (Fsp3) is 0.543. The summed E-state index contributed by atoms with van der Waals surface area (Å²) in [4.78, 5) is 61.8. The monoisotopic (exact) mass is 698 g/mol. The number of carboxylic acids is 1. The van der Waals surface area contributed by atoms with Crippen LogP contribution in [0.15, 0.2) is 42.5 Å². The number of benzene rings is 2. The Kier molecular flexibility index (Phi) is 11.1. The SMILES string of the molecule is O=C(O)CN1CCN(C2CCN(C(=O)C(CC(=O)N3CCC(N4Cc5ccccc5NC4=O)CC3)Cc3cccc(Cl)c3Cl)CC2)CC1. The number of amides is 4. The van der Waals surface area contributed by atoms with E-state index in [-0.39, 0.29) is 36.9 Å². The highest BCUT2D eigenvalue weighted by Crippen LogP contribution is 2.31. The minimum Gasteiger partial charge on any atom is -0.480 e. The molecule has 6 rings (SSSR count). The molecule has 4 heterocycles. The summed E-state index contributed by atoms with van der Waals surface area (Å²) in [5.41, 5.74) is 2.68. The van der Waals surface area contributed by atoms with E-state index in [0.717, 1.165) is 55.8 Å². The van der Waals surface area contributed by atoms with E-state index in [4.69, 9.17) is 28.3 Å². The van der Waals surface area contributed by atoms with Crippen molar-refractivity contribution in [1.82, 2.24) is 24.5 Å². The molecule has 3 saturated heterocycles. The molecule has 0 radical (unpaired) electrons. The highest BCUT2D eigenvalue weighted by molar-refractivity contribution is 6.42. The van der Waals surface area contributed by atoms with Crippen LogP contribution in [0, 0.1) is 5.92 Å². The van der Waals surface area contributed by atoms with Crippen molar-refractivity contribution < 1.29 is 24.3 Å².